The molecule has 0 atom stereocenters. The molecule has 4 heteroatoms. The van der Waals surface area contributed by atoms with Crippen molar-refractivity contribution in [1.29, 1.82) is 0 Å². The zero-order valence-corrected chi connectivity index (χ0v) is 8.75. The Kier molecular flexibility index (Phi) is 2.54. The van der Waals surface area contributed by atoms with Crippen LogP contribution in [0.5, 0.6) is 0 Å². The molecule has 0 bridgehead atoms. The minimum Gasteiger partial charge on any atom is -0.371 e. The highest BCUT2D eigenvalue weighted by atomic mass is 16.5. The van der Waals surface area contributed by atoms with Gasteiger partial charge in [-0.1, -0.05) is 18.5 Å². The summed E-state index contributed by atoms with van der Waals surface area (Å²) >= 11 is 0. The van der Waals surface area contributed by atoms with Gasteiger partial charge in [0.1, 0.15) is 6.61 Å². The minimum atomic E-state index is 0.398. The molecule has 1 aromatic heterocycles. The summed E-state index contributed by atoms with van der Waals surface area (Å²) < 4.78 is 10.5. The van der Waals surface area contributed by atoms with Gasteiger partial charge in [0.25, 0.3) is 5.89 Å². The minimum absolute atomic E-state index is 0.398. The van der Waals surface area contributed by atoms with Crippen LogP contribution < -0.4 is 0 Å². The van der Waals surface area contributed by atoms with E-state index in [1.165, 1.54) is 19.3 Å². The van der Waals surface area contributed by atoms with Crippen LogP contribution in [-0.4, -0.2) is 16.7 Å². The lowest BCUT2D eigenvalue weighted by Crippen LogP contribution is -2.30. The number of nitrogens with zero attached hydrogens (tertiary/aromatic N) is 2. The van der Waals surface area contributed by atoms with Crippen molar-refractivity contribution in [2.45, 2.75) is 39.7 Å². The summed E-state index contributed by atoms with van der Waals surface area (Å²) in [6, 6.07) is 0. The van der Waals surface area contributed by atoms with Gasteiger partial charge in [-0.05, 0) is 25.2 Å². The molecule has 1 aromatic rings. The van der Waals surface area contributed by atoms with Crippen molar-refractivity contribution in [1.82, 2.24) is 10.1 Å². The molecule has 0 aliphatic heterocycles. The van der Waals surface area contributed by atoms with E-state index >= 15 is 0 Å². The summed E-state index contributed by atoms with van der Waals surface area (Å²) in [4.78, 5) is 4.07. The van der Waals surface area contributed by atoms with Crippen molar-refractivity contribution in [2.75, 3.05) is 6.61 Å². The summed E-state index contributed by atoms with van der Waals surface area (Å²) in [7, 11) is 0. The summed E-state index contributed by atoms with van der Waals surface area (Å²) in [6.45, 7) is 5.31. The molecule has 4 nitrogen and oxygen atoms in total. The second kappa shape index (κ2) is 3.69. The van der Waals surface area contributed by atoms with Gasteiger partial charge in [-0.2, -0.15) is 4.98 Å². The van der Waals surface area contributed by atoms with Gasteiger partial charge in [0.05, 0.1) is 6.61 Å². The van der Waals surface area contributed by atoms with Crippen LogP contribution in [0.2, 0.25) is 0 Å². The maximum Gasteiger partial charge on any atom is 0.252 e. The second-order valence-electron chi connectivity index (χ2n) is 4.39. The quantitative estimate of drug-likeness (QED) is 0.739. The van der Waals surface area contributed by atoms with Crippen molar-refractivity contribution in [3.63, 3.8) is 0 Å². The fourth-order valence-corrected chi connectivity index (χ4v) is 1.71. The summed E-state index contributed by atoms with van der Waals surface area (Å²) in [5.41, 5.74) is 0.398. The Bertz CT molecular complexity index is 305. The van der Waals surface area contributed by atoms with Crippen LogP contribution in [0.1, 0.15) is 37.9 Å². The summed E-state index contributed by atoms with van der Waals surface area (Å²) in [5, 5.41) is 3.70. The first kappa shape index (κ1) is 9.65. The molecule has 78 valence electrons. The molecule has 1 saturated carbocycles. The number of aromatic nitrogens is 2. The van der Waals surface area contributed by atoms with E-state index in [0.29, 0.717) is 23.7 Å². The first-order chi connectivity index (χ1) is 6.68. The Hall–Kier alpha value is -0.900. The van der Waals surface area contributed by atoms with Crippen molar-refractivity contribution in [3.05, 3.63) is 11.7 Å². The molecule has 0 radical (unpaired) electrons. The van der Waals surface area contributed by atoms with E-state index in [4.69, 9.17) is 9.26 Å². The maximum absolute atomic E-state index is 5.54. The van der Waals surface area contributed by atoms with E-state index in [-0.39, 0.29) is 0 Å². The van der Waals surface area contributed by atoms with Gasteiger partial charge in [0.2, 0.25) is 0 Å². The molecule has 0 saturated heterocycles. The average molecular weight is 196 g/mol. The van der Waals surface area contributed by atoms with Gasteiger partial charge in [-0.25, -0.2) is 0 Å². The average Bonchev–Trinajstić information content (AvgIpc) is 2.49. The van der Waals surface area contributed by atoms with Crippen LogP contribution >= 0.6 is 0 Å². The van der Waals surface area contributed by atoms with E-state index in [2.05, 4.69) is 17.1 Å². The Balaban J connectivity index is 1.72. The monoisotopic (exact) mass is 196 g/mol. The third-order valence-corrected chi connectivity index (χ3v) is 2.81. The molecule has 1 aliphatic carbocycles. The second-order valence-corrected chi connectivity index (χ2v) is 4.39. The highest BCUT2D eigenvalue weighted by Crippen LogP contribution is 2.40. The molecule has 1 fully saturated rings. The molecule has 2 rings (SSSR count). The van der Waals surface area contributed by atoms with Crippen molar-refractivity contribution in [3.8, 4) is 0 Å². The molecule has 0 aromatic carbocycles. The number of hydrogen-bond donors (Lipinski definition) is 0. The molecular weight excluding hydrogens is 180 g/mol. The van der Waals surface area contributed by atoms with Crippen LogP contribution in [0.15, 0.2) is 4.52 Å². The number of ether oxygens (including phenoxy) is 1. The zero-order chi connectivity index (χ0) is 10.0. The van der Waals surface area contributed by atoms with E-state index in [9.17, 15) is 0 Å². The number of aryl methyl sites for hydroxylation is 1. The van der Waals surface area contributed by atoms with E-state index < -0.39 is 0 Å². The highest BCUT2D eigenvalue weighted by molar-refractivity contribution is 4.84. The maximum atomic E-state index is 5.54. The fraction of sp³-hybridized carbons (Fsp3) is 0.800. The standard InChI is InChI=1S/C10H16N2O2/c1-8-11-9(14-12-8)6-13-7-10(2)4-3-5-10/h3-7H2,1-2H3. The molecule has 0 N–H and O–H groups in total. The predicted octanol–water partition coefficient (Wildman–Crippen LogP) is 2.08. The first-order valence-electron chi connectivity index (χ1n) is 5.05. The van der Waals surface area contributed by atoms with Gasteiger partial charge >= 0.3 is 0 Å². The van der Waals surface area contributed by atoms with Gasteiger partial charge in [0, 0.05) is 0 Å². The normalized spacial score (nSPS) is 19.3. The lowest BCUT2D eigenvalue weighted by molar-refractivity contribution is -0.00942. The molecule has 1 heterocycles. The molecule has 0 amide bonds. The predicted molar refractivity (Wildman–Crippen MR) is 50.6 cm³/mol. The van der Waals surface area contributed by atoms with Crippen molar-refractivity contribution in [2.24, 2.45) is 5.41 Å². The fourth-order valence-electron chi connectivity index (χ4n) is 1.71. The van der Waals surface area contributed by atoms with Crippen LogP contribution in [-0.2, 0) is 11.3 Å². The summed E-state index contributed by atoms with van der Waals surface area (Å²) in [6.07, 6.45) is 3.88. The lowest BCUT2D eigenvalue weighted by Gasteiger charge is -2.37. The highest BCUT2D eigenvalue weighted by Gasteiger charge is 2.31. The number of rotatable bonds is 4. The molecule has 0 unspecified atom stereocenters. The van der Waals surface area contributed by atoms with Crippen LogP contribution in [0, 0.1) is 12.3 Å². The van der Waals surface area contributed by atoms with Gasteiger partial charge < -0.3 is 9.26 Å². The first-order valence-corrected chi connectivity index (χ1v) is 5.05. The third kappa shape index (κ3) is 2.12. The smallest absolute Gasteiger partial charge is 0.252 e. The van der Waals surface area contributed by atoms with Crippen molar-refractivity contribution >= 4 is 0 Å². The van der Waals surface area contributed by atoms with E-state index in [0.717, 1.165) is 6.61 Å². The van der Waals surface area contributed by atoms with E-state index in [1.54, 1.807) is 6.92 Å². The summed E-state index contributed by atoms with van der Waals surface area (Å²) in [5.74, 6) is 1.24. The third-order valence-electron chi connectivity index (χ3n) is 2.81. The van der Waals surface area contributed by atoms with Gasteiger partial charge in [-0.15, -0.1) is 0 Å². The van der Waals surface area contributed by atoms with Crippen LogP contribution in [0.25, 0.3) is 0 Å². The van der Waals surface area contributed by atoms with Gasteiger partial charge in [-0.3, -0.25) is 0 Å². The largest absolute Gasteiger partial charge is 0.371 e. The zero-order valence-electron chi connectivity index (χ0n) is 8.75. The van der Waals surface area contributed by atoms with E-state index in [1.807, 2.05) is 0 Å². The Morgan fingerprint density at radius 2 is 2.29 bits per heavy atom. The molecule has 1 aliphatic rings. The Labute approximate surface area is 83.6 Å². The van der Waals surface area contributed by atoms with Crippen LogP contribution in [0.3, 0.4) is 0 Å². The topological polar surface area (TPSA) is 48.2 Å². The van der Waals surface area contributed by atoms with Crippen molar-refractivity contribution < 1.29 is 9.26 Å². The Morgan fingerprint density at radius 1 is 1.50 bits per heavy atom. The van der Waals surface area contributed by atoms with Crippen LogP contribution in [0.4, 0.5) is 0 Å². The lowest BCUT2D eigenvalue weighted by atomic mass is 9.71. The molecular formula is C10H16N2O2. The van der Waals surface area contributed by atoms with Gasteiger partial charge in [0.15, 0.2) is 5.82 Å². The molecule has 0 spiro atoms. The molecule has 14 heavy (non-hydrogen) atoms. The number of hydrogen-bond acceptors (Lipinski definition) is 4. The Morgan fingerprint density at radius 3 is 2.79 bits per heavy atom. The SMILES string of the molecule is Cc1noc(COCC2(C)CCC2)n1.